The van der Waals surface area contributed by atoms with E-state index in [2.05, 4.69) is 34.9 Å². The number of nitrogens with zero attached hydrogens (tertiary/aromatic N) is 1. The van der Waals surface area contributed by atoms with Gasteiger partial charge in [0.05, 0.1) is 0 Å². The number of carbonyl (C=O) groups excluding carboxylic acids is 2. The van der Waals surface area contributed by atoms with Crippen molar-refractivity contribution >= 4 is 11.9 Å². The molecule has 1 heterocycles. The first-order valence-corrected chi connectivity index (χ1v) is 10.4. The number of urea groups is 1. The van der Waals surface area contributed by atoms with Crippen molar-refractivity contribution in [2.45, 2.75) is 75.8 Å². The second kappa shape index (κ2) is 7.17. The van der Waals surface area contributed by atoms with Gasteiger partial charge in [0.15, 0.2) is 0 Å². The Hall–Kier alpha value is -2.04. The maximum Gasteiger partial charge on any atom is 0.317 e. The number of nitrogens with one attached hydrogen (secondary N) is 2. The summed E-state index contributed by atoms with van der Waals surface area (Å²) in [5.74, 6) is 0.499. The van der Waals surface area contributed by atoms with Crippen molar-refractivity contribution in [3.05, 3.63) is 35.4 Å². The number of likely N-dealkylation sites (tertiary alicyclic amines) is 1. The predicted octanol–water partition coefficient (Wildman–Crippen LogP) is 3.29. The summed E-state index contributed by atoms with van der Waals surface area (Å²) in [5.41, 5.74) is 2.89. The topological polar surface area (TPSA) is 61.4 Å². The van der Waals surface area contributed by atoms with Crippen LogP contribution in [0.1, 0.15) is 69.4 Å². The monoisotopic (exact) mass is 369 g/mol. The van der Waals surface area contributed by atoms with Crippen LogP contribution in [0.3, 0.4) is 0 Å². The lowest BCUT2D eigenvalue weighted by atomic mass is 9.73. The average Bonchev–Trinajstić information content (AvgIpc) is 3.40. The lowest BCUT2D eigenvalue weighted by Gasteiger charge is -2.40. The molecule has 0 aromatic heterocycles. The van der Waals surface area contributed by atoms with Crippen molar-refractivity contribution in [2.24, 2.45) is 0 Å². The lowest BCUT2D eigenvalue weighted by molar-refractivity contribution is -0.121. The van der Waals surface area contributed by atoms with E-state index in [4.69, 9.17) is 0 Å². The van der Waals surface area contributed by atoms with Crippen LogP contribution in [-0.2, 0) is 10.2 Å². The zero-order chi connectivity index (χ0) is 19.0. The fourth-order valence-corrected chi connectivity index (χ4v) is 4.90. The summed E-state index contributed by atoms with van der Waals surface area (Å²) in [6.07, 6.45) is 5.85. The maximum atomic E-state index is 12.4. The molecule has 5 heteroatoms. The smallest absolute Gasteiger partial charge is 0.317 e. The first-order valence-electron chi connectivity index (χ1n) is 10.4. The number of benzene rings is 1. The highest BCUT2D eigenvalue weighted by Gasteiger charge is 2.46. The van der Waals surface area contributed by atoms with E-state index < -0.39 is 0 Å². The van der Waals surface area contributed by atoms with Gasteiger partial charge in [-0.15, -0.1) is 0 Å². The van der Waals surface area contributed by atoms with Gasteiger partial charge in [-0.05, 0) is 68.4 Å². The quantitative estimate of drug-likeness (QED) is 0.855. The molecular weight excluding hydrogens is 338 g/mol. The fourth-order valence-electron chi connectivity index (χ4n) is 4.90. The van der Waals surface area contributed by atoms with Crippen molar-refractivity contribution in [1.82, 2.24) is 15.5 Å². The van der Waals surface area contributed by atoms with Gasteiger partial charge in [0, 0.05) is 31.6 Å². The Labute approximate surface area is 161 Å². The molecule has 0 radical (unpaired) electrons. The zero-order valence-corrected chi connectivity index (χ0v) is 16.5. The fraction of sp³-hybridized carbons (Fsp3) is 0.636. The van der Waals surface area contributed by atoms with Crippen LogP contribution in [0.5, 0.6) is 0 Å². The Morgan fingerprint density at radius 2 is 1.89 bits per heavy atom. The number of carbonyl (C=O) groups is 2. The second-order valence-electron chi connectivity index (χ2n) is 8.91. The molecule has 5 nitrogen and oxygen atoms in total. The summed E-state index contributed by atoms with van der Waals surface area (Å²) in [5, 5.41) is 6.15. The van der Waals surface area contributed by atoms with E-state index in [9.17, 15) is 9.59 Å². The molecule has 2 fully saturated rings. The summed E-state index contributed by atoms with van der Waals surface area (Å²) in [6.45, 7) is 5.56. The Bertz CT molecular complexity index is 718. The predicted molar refractivity (Wildman–Crippen MR) is 106 cm³/mol. The molecule has 1 atom stereocenters. The number of fused-ring (bicyclic) bond motifs is 2. The molecule has 1 unspecified atom stereocenters. The molecule has 146 valence electrons. The number of piperidine rings is 1. The molecule has 3 amide bonds. The van der Waals surface area contributed by atoms with Gasteiger partial charge < -0.3 is 15.5 Å². The Morgan fingerprint density at radius 1 is 1.19 bits per heavy atom. The van der Waals surface area contributed by atoms with Gasteiger partial charge >= 0.3 is 6.03 Å². The van der Waals surface area contributed by atoms with E-state index in [0.717, 1.165) is 45.2 Å². The number of hydrogen-bond donors (Lipinski definition) is 2. The van der Waals surface area contributed by atoms with Gasteiger partial charge in [0.1, 0.15) is 0 Å². The van der Waals surface area contributed by atoms with E-state index >= 15 is 0 Å². The summed E-state index contributed by atoms with van der Waals surface area (Å²) >= 11 is 0. The van der Waals surface area contributed by atoms with Gasteiger partial charge in [0.2, 0.25) is 5.91 Å². The molecule has 1 aliphatic heterocycles. The lowest BCUT2D eigenvalue weighted by Crippen LogP contribution is -2.49. The van der Waals surface area contributed by atoms with Crippen molar-refractivity contribution < 1.29 is 9.59 Å². The summed E-state index contributed by atoms with van der Waals surface area (Å²) in [6, 6.07) is 9.29. The Kier molecular flexibility index (Phi) is 4.87. The molecule has 1 aromatic rings. The number of hydrogen-bond acceptors (Lipinski definition) is 2. The van der Waals surface area contributed by atoms with Gasteiger partial charge in [-0.1, -0.05) is 24.3 Å². The van der Waals surface area contributed by atoms with Crippen LogP contribution in [0.4, 0.5) is 4.79 Å². The van der Waals surface area contributed by atoms with Crippen LogP contribution in [-0.4, -0.2) is 42.0 Å². The third kappa shape index (κ3) is 3.83. The molecular formula is C22H31N3O2. The van der Waals surface area contributed by atoms with Crippen LogP contribution in [0.25, 0.3) is 0 Å². The molecule has 3 aliphatic rings. The summed E-state index contributed by atoms with van der Waals surface area (Å²) in [4.78, 5) is 26.7. The molecule has 2 aliphatic carbocycles. The van der Waals surface area contributed by atoms with Crippen LogP contribution >= 0.6 is 0 Å². The van der Waals surface area contributed by atoms with Crippen molar-refractivity contribution in [3.63, 3.8) is 0 Å². The molecule has 1 saturated heterocycles. The number of rotatable bonds is 4. The third-order valence-electron chi connectivity index (χ3n) is 6.40. The first-order chi connectivity index (χ1) is 13.0. The van der Waals surface area contributed by atoms with E-state index in [1.54, 1.807) is 0 Å². The molecule has 2 N–H and O–H groups in total. The molecule has 4 rings (SSSR count). The zero-order valence-electron chi connectivity index (χ0n) is 16.5. The Morgan fingerprint density at radius 3 is 2.56 bits per heavy atom. The van der Waals surface area contributed by atoms with Crippen LogP contribution in [0.2, 0.25) is 0 Å². The van der Waals surface area contributed by atoms with E-state index in [1.807, 2.05) is 18.7 Å². The molecule has 0 bridgehead atoms. The highest BCUT2D eigenvalue weighted by Crippen LogP contribution is 2.52. The van der Waals surface area contributed by atoms with Crippen molar-refractivity contribution in [3.8, 4) is 0 Å². The summed E-state index contributed by atoms with van der Waals surface area (Å²) < 4.78 is 0. The average molecular weight is 370 g/mol. The molecule has 27 heavy (non-hydrogen) atoms. The van der Waals surface area contributed by atoms with Crippen molar-refractivity contribution in [1.29, 1.82) is 0 Å². The second-order valence-corrected chi connectivity index (χ2v) is 8.91. The minimum Gasteiger partial charge on any atom is -0.353 e. The highest BCUT2D eigenvalue weighted by molar-refractivity contribution is 5.78. The molecule has 1 aromatic carbocycles. The minimum absolute atomic E-state index is 0.0477. The van der Waals surface area contributed by atoms with Crippen molar-refractivity contribution in [2.75, 3.05) is 13.1 Å². The molecule has 1 saturated carbocycles. The van der Waals surface area contributed by atoms with E-state index in [1.165, 1.54) is 11.1 Å². The SMILES string of the molecule is CC(C)NC(=O)N1CCC2(CC1)CC(CC(=O)NC1CC1)c1ccccc12. The van der Waals surface area contributed by atoms with Gasteiger partial charge in [-0.25, -0.2) is 4.79 Å². The summed E-state index contributed by atoms with van der Waals surface area (Å²) in [7, 11) is 0. The third-order valence-corrected chi connectivity index (χ3v) is 6.40. The van der Waals surface area contributed by atoms with Crippen LogP contribution in [0, 0.1) is 0 Å². The number of amides is 3. The Balaban J connectivity index is 1.46. The van der Waals surface area contributed by atoms with E-state index in [0.29, 0.717) is 18.4 Å². The normalized spacial score (nSPS) is 23.4. The van der Waals surface area contributed by atoms with E-state index in [-0.39, 0.29) is 23.4 Å². The first kappa shape index (κ1) is 18.3. The highest BCUT2D eigenvalue weighted by atomic mass is 16.2. The standard InChI is InChI=1S/C22H31N3O2/c1-15(2)23-21(27)25-11-9-22(10-12-25)14-16(13-20(26)24-17-7-8-17)18-5-3-4-6-19(18)22/h3-6,15-17H,7-14H2,1-2H3,(H,23,27)(H,24,26). The van der Waals surface area contributed by atoms with Gasteiger partial charge in [-0.3, -0.25) is 4.79 Å². The molecule has 1 spiro atoms. The van der Waals surface area contributed by atoms with Crippen LogP contribution in [0.15, 0.2) is 24.3 Å². The van der Waals surface area contributed by atoms with Gasteiger partial charge in [0.25, 0.3) is 0 Å². The van der Waals surface area contributed by atoms with Gasteiger partial charge in [-0.2, -0.15) is 0 Å². The minimum atomic E-state index is 0.0477. The maximum absolute atomic E-state index is 12.4. The van der Waals surface area contributed by atoms with Crippen LogP contribution < -0.4 is 10.6 Å². The largest absolute Gasteiger partial charge is 0.353 e.